The van der Waals surface area contributed by atoms with Crippen molar-refractivity contribution < 1.29 is 9.90 Å². The largest absolute Gasteiger partial charge is 0.394 e. The van der Waals surface area contributed by atoms with Crippen molar-refractivity contribution in [2.24, 2.45) is 0 Å². The number of amides is 1. The molecular formula is C20H19N3O2. The van der Waals surface area contributed by atoms with E-state index in [0.717, 1.165) is 23.2 Å². The third-order valence-corrected chi connectivity index (χ3v) is 5.29. The van der Waals surface area contributed by atoms with Crippen molar-refractivity contribution in [2.45, 2.75) is 18.0 Å². The Labute approximate surface area is 146 Å². The predicted octanol–water partition coefficient (Wildman–Crippen LogP) is 1.48. The third-order valence-electron chi connectivity index (χ3n) is 5.29. The van der Waals surface area contributed by atoms with Gasteiger partial charge in [-0.25, -0.2) is 0 Å². The van der Waals surface area contributed by atoms with E-state index < -0.39 is 0 Å². The molecule has 5 heteroatoms. The van der Waals surface area contributed by atoms with Crippen LogP contribution in [0.5, 0.6) is 0 Å². The number of nitrogens with zero attached hydrogens (tertiary/aromatic N) is 2. The number of rotatable bonds is 3. The number of piperazine rings is 1. The summed E-state index contributed by atoms with van der Waals surface area (Å²) in [5.41, 5.74) is 3.95. The molecule has 0 saturated carbocycles. The molecule has 2 heterocycles. The lowest BCUT2D eigenvalue weighted by atomic mass is 9.74. The number of aliphatic hydroxyl groups excluding tert-OH is 1. The lowest BCUT2D eigenvalue weighted by Crippen LogP contribution is -2.72. The maximum Gasteiger partial charge on any atom is 0.237 e. The van der Waals surface area contributed by atoms with Gasteiger partial charge < -0.3 is 15.3 Å². The Morgan fingerprint density at radius 1 is 1.12 bits per heavy atom. The van der Waals surface area contributed by atoms with E-state index in [0.29, 0.717) is 12.1 Å². The van der Waals surface area contributed by atoms with E-state index in [4.69, 9.17) is 5.26 Å². The van der Waals surface area contributed by atoms with Gasteiger partial charge >= 0.3 is 0 Å². The summed E-state index contributed by atoms with van der Waals surface area (Å²) in [4.78, 5) is 13.9. The molecule has 4 rings (SSSR count). The van der Waals surface area contributed by atoms with E-state index in [-0.39, 0.29) is 30.5 Å². The Bertz CT molecular complexity index is 818. The molecular weight excluding hydrogens is 314 g/mol. The van der Waals surface area contributed by atoms with Crippen LogP contribution in [-0.4, -0.2) is 47.7 Å². The van der Waals surface area contributed by atoms with Crippen LogP contribution in [0.15, 0.2) is 48.5 Å². The molecule has 0 bridgehead atoms. The van der Waals surface area contributed by atoms with E-state index in [1.54, 1.807) is 0 Å². The van der Waals surface area contributed by atoms with E-state index in [9.17, 15) is 9.90 Å². The minimum atomic E-state index is -0.125. The van der Waals surface area contributed by atoms with Crippen molar-refractivity contribution >= 4 is 5.91 Å². The molecule has 2 fully saturated rings. The van der Waals surface area contributed by atoms with Gasteiger partial charge in [0, 0.05) is 12.5 Å². The summed E-state index contributed by atoms with van der Waals surface area (Å²) in [5.74, 6) is 0.234. The maximum absolute atomic E-state index is 12.0. The van der Waals surface area contributed by atoms with Crippen molar-refractivity contribution in [2.75, 3.05) is 19.7 Å². The second kappa shape index (κ2) is 6.32. The van der Waals surface area contributed by atoms with Crippen LogP contribution in [0.4, 0.5) is 0 Å². The Hall–Kier alpha value is -2.68. The fraction of sp³-hybridized carbons (Fsp3) is 0.300. The molecule has 1 amide bonds. The van der Waals surface area contributed by atoms with E-state index in [1.807, 2.05) is 29.2 Å². The predicted molar refractivity (Wildman–Crippen MR) is 93.7 cm³/mol. The third kappa shape index (κ3) is 2.60. The SMILES string of the molecule is N#Cc1ccc(-c2ccc([C@@H]3[C@@H](CO)N4C(=O)CNC[C@@H]34)cc2)cc1. The van der Waals surface area contributed by atoms with Gasteiger partial charge in [-0.05, 0) is 28.8 Å². The molecule has 0 aliphatic carbocycles. The molecule has 2 aliphatic heterocycles. The lowest BCUT2D eigenvalue weighted by molar-refractivity contribution is -0.153. The highest BCUT2D eigenvalue weighted by atomic mass is 16.3. The molecule has 25 heavy (non-hydrogen) atoms. The van der Waals surface area contributed by atoms with Gasteiger partial charge in [-0.3, -0.25) is 4.79 Å². The molecule has 2 aliphatic rings. The second-order valence-electron chi connectivity index (χ2n) is 6.59. The van der Waals surface area contributed by atoms with Crippen LogP contribution in [0.25, 0.3) is 11.1 Å². The highest BCUT2D eigenvalue weighted by Gasteiger charge is 2.52. The van der Waals surface area contributed by atoms with Crippen molar-refractivity contribution in [1.82, 2.24) is 10.2 Å². The first-order valence-corrected chi connectivity index (χ1v) is 8.46. The molecule has 5 nitrogen and oxygen atoms in total. The summed E-state index contributed by atoms with van der Waals surface area (Å²) in [6, 6.07) is 17.9. The number of aliphatic hydroxyl groups is 1. The number of benzene rings is 2. The normalized spacial score (nSPS) is 25.0. The van der Waals surface area contributed by atoms with Crippen molar-refractivity contribution in [3.05, 3.63) is 59.7 Å². The van der Waals surface area contributed by atoms with Gasteiger partial charge in [0.2, 0.25) is 5.91 Å². The van der Waals surface area contributed by atoms with E-state index in [1.165, 1.54) is 0 Å². The number of nitriles is 1. The topological polar surface area (TPSA) is 76.4 Å². The molecule has 0 radical (unpaired) electrons. The minimum Gasteiger partial charge on any atom is -0.394 e. The quantitative estimate of drug-likeness (QED) is 0.892. The number of fused-ring (bicyclic) bond motifs is 1. The maximum atomic E-state index is 12.0. The zero-order valence-corrected chi connectivity index (χ0v) is 13.7. The summed E-state index contributed by atoms with van der Waals surface area (Å²) in [6.45, 7) is 1.12. The molecule has 2 aromatic carbocycles. The van der Waals surface area contributed by atoms with Crippen LogP contribution in [0.2, 0.25) is 0 Å². The standard InChI is InChI=1S/C20H19N3O2/c21-9-13-1-3-14(4-2-13)15-5-7-16(8-6-15)20-17-10-22-11-19(25)23(17)18(20)12-24/h1-8,17-18,20,22,24H,10-12H2/t17-,18+,20-/m0/s1. The van der Waals surface area contributed by atoms with Gasteiger partial charge in [0.05, 0.1) is 36.9 Å². The summed E-state index contributed by atoms with van der Waals surface area (Å²) in [6.07, 6.45) is 0. The zero-order chi connectivity index (χ0) is 17.4. The summed E-state index contributed by atoms with van der Waals surface area (Å²) in [7, 11) is 0. The van der Waals surface area contributed by atoms with Crippen molar-refractivity contribution in [1.29, 1.82) is 5.26 Å². The van der Waals surface area contributed by atoms with Gasteiger partial charge in [0.1, 0.15) is 0 Å². The summed E-state index contributed by atoms with van der Waals surface area (Å²) in [5, 5.41) is 21.8. The fourth-order valence-electron chi connectivity index (χ4n) is 4.04. The number of carbonyl (C=O) groups is 1. The van der Waals surface area contributed by atoms with E-state index >= 15 is 0 Å². The molecule has 3 atom stereocenters. The molecule has 0 spiro atoms. The summed E-state index contributed by atoms with van der Waals surface area (Å²) >= 11 is 0. The van der Waals surface area contributed by atoms with Gasteiger partial charge in [0.25, 0.3) is 0 Å². The minimum absolute atomic E-state index is 0.00964. The van der Waals surface area contributed by atoms with Crippen molar-refractivity contribution in [3.63, 3.8) is 0 Å². The second-order valence-corrected chi connectivity index (χ2v) is 6.59. The van der Waals surface area contributed by atoms with Crippen LogP contribution in [-0.2, 0) is 4.79 Å². The van der Waals surface area contributed by atoms with Crippen LogP contribution >= 0.6 is 0 Å². The highest BCUT2D eigenvalue weighted by molar-refractivity contribution is 5.81. The van der Waals surface area contributed by atoms with Crippen molar-refractivity contribution in [3.8, 4) is 17.2 Å². The van der Waals surface area contributed by atoms with Crippen LogP contribution in [0, 0.1) is 11.3 Å². The molecule has 2 saturated heterocycles. The smallest absolute Gasteiger partial charge is 0.237 e. The Balaban J connectivity index is 1.57. The van der Waals surface area contributed by atoms with Gasteiger partial charge in [0.15, 0.2) is 0 Å². The molecule has 2 N–H and O–H groups in total. The Morgan fingerprint density at radius 2 is 1.76 bits per heavy atom. The average molecular weight is 333 g/mol. The Kier molecular flexibility index (Phi) is 4.00. The zero-order valence-electron chi connectivity index (χ0n) is 13.7. The number of nitrogens with one attached hydrogen (secondary N) is 1. The van der Waals surface area contributed by atoms with Gasteiger partial charge in [-0.1, -0.05) is 36.4 Å². The van der Waals surface area contributed by atoms with Gasteiger partial charge in [-0.2, -0.15) is 5.26 Å². The molecule has 2 aromatic rings. The van der Waals surface area contributed by atoms with Gasteiger partial charge in [-0.15, -0.1) is 0 Å². The monoisotopic (exact) mass is 333 g/mol. The molecule has 0 aromatic heterocycles. The van der Waals surface area contributed by atoms with Crippen LogP contribution in [0.1, 0.15) is 17.0 Å². The number of carbonyl (C=O) groups excluding carboxylic acids is 1. The first kappa shape index (κ1) is 15.8. The summed E-state index contributed by atoms with van der Waals surface area (Å²) < 4.78 is 0. The Morgan fingerprint density at radius 3 is 2.36 bits per heavy atom. The van der Waals surface area contributed by atoms with Crippen LogP contribution < -0.4 is 5.32 Å². The first-order chi connectivity index (χ1) is 12.2. The number of hydrogen-bond donors (Lipinski definition) is 2. The number of hydrogen-bond acceptors (Lipinski definition) is 4. The fourth-order valence-corrected chi connectivity index (χ4v) is 4.04. The average Bonchev–Trinajstić information content (AvgIpc) is 2.64. The highest BCUT2D eigenvalue weighted by Crippen LogP contribution is 2.41. The van der Waals surface area contributed by atoms with E-state index in [2.05, 4.69) is 35.7 Å². The lowest BCUT2D eigenvalue weighted by Gasteiger charge is -2.57. The molecule has 126 valence electrons. The first-order valence-electron chi connectivity index (χ1n) is 8.46. The van der Waals surface area contributed by atoms with Crippen LogP contribution in [0.3, 0.4) is 0 Å². The molecule has 0 unspecified atom stereocenters.